The fourth-order valence-electron chi connectivity index (χ4n) is 2.14. The van der Waals surface area contributed by atoms with Crippen molar-refractivity contribution in [2.24, 2.45) is 5.92 Å². The molecule has 2 heterocycles. The standard InChI is InChI=1S/C13H20N4O3S/c1-9(2)4-12-14-5-10-7-17(8-11(10)16-12)13(18)6-15-21(3,19)20/h5,9,15H,4,6-8H2,1-3H3. The van der Waals surface area contributed by atoms with Gasteiger partial charge in [0.1, 0.15) is 5.82 Å². The molecule has 116 valence electrons. The van der Waals surface area contributed by atoms with Crippen molar-refractivity contribution in [3.05, 3.63) is 23.3 Å². The Kier molecular flexibility index (Phi) is 4.58. The van der Waals surface area contributed by atoms with Gasteiger partial charge in [-0.05, 0) is 5.92 Å². The van der Waals surface area contributed by atoms with Crippen molar-refractivity contribution in [1.82, 2.24) is 19.6 Å². The minimum atomic E-state index is -3.36. The maximum absolute atomic E-state index is 12.0. The zero-order chi connectivity index (χ0) is 15.6. The second-order valence-electron chi connectivity index (χ2n) is 5.70. The number of fused-ring (bicyclic) bond motifs is 1. The fourth-order valence-corrected chi connectivity index (χ4v) is 2.52. The van der Waals surface area contributed by atoms with Gasteiger partial charge in [0.15, 0.2) is 0 Å². The van der Waals surface area contributed by atoms with Crippen LogP contribution in [0, 0.1) is 5.92 Å². The third-order valence-corrected chi connectivity index (χ3v) is 3.80. The van der Waals surface area contributed by atoms with E-state index in [0.29, 0.717) is 19.0 Å². The van der Waals surface area contributed by atoms with Crippen LogP contribution in [0.15, 0.2) is 6.20 Å². The van der Waals surface area contributed by atoms with Crippen LogP contribution in [0.2, 0.25) is 0 Å². The number of nitrogens with one attached hydrogen (secondary N) is 1. The van der Waals surface area contributed by atoms with E-state index in [0.717, 1.165) is 29.8 Å². The van der Waals surface area contributed by atoms with Crippen molar-refractivity contribution >= 4 is 15.9 Å². The highest BCUT2D eigenvalue weighted by atomic mass is 32.2. The van der Waals surface area contributed by atoms with Crippen LogP contribution in [0.4, 0.5) is 0 Å². The molecule has 0 unspecified atom stereocenters. The molecule has 1 aliphatic heterocycles. The molecule has 0 bridgehead atoms. The van der Waals surface area contributed by atoms with Gasteiger partial charge in [0.05, 0.1) is 25.0 Å². The van der Waals surface area contributed by atoms with E-state index in [1.807, 2.05) is 0 Å². The summed E-state index contributed by atoms with van der Waals surface area (Å²) in [6.45, 7) is 4.82. The maximum Gasteiger partial charge on any atom is 0.238 e. The molecule has 7 nitrogen and oxygen atoms in total. The summed E-state index contributed by atoms with van der Waals surface area (Å²) in [5.41, 5.74) is 1.78. The van der Waals surface area contributed by atoms with Crippen molar-refractivity contribution < 1.29 is 13.2 Å². The zero-order valence-electron chi connectivity index (χ0n) is 12.5. The summed E-state index contributed by atoms with van der Waals surface area (Å²) in [5.74, 6) is 0.997. The SMILES string of the molecule is CC(C)Cc1ncc2c(n1)CN(C(=O)CNS(C)(=O)=O)C2. The summed E-state index contributed by atoms with van der Waals surface area (Å²) >= 11 is 0. The highest BCUT2D eigenvalue weighted by Crippen LogP contribution is 2.20. The number of rotatable bonds is 5. The van der Waals surface area contributed by atoms with Gasteiger partial charge < -0.3 is 4.90 Å². The minimum absolute atomic E-state index is 0.223. The van der Waals surface area contributed by atoms with Crippen LogP contribution in [0.5, 0.6) is 0 Å². The second-order valence-corrected chi connectivity index (χ2v) is 7.53. The number of amides is 1. The second kappa shape index (κ2) is 6.07. The van der Waals surface area contributed by atoms with E-state index < -0.39 is 10.0 Å². The molecule has 0 saturated heterocycles. The Morgan fingerprint density at radius 1 is 1.43 bits per heavy atom. The molecule has 1 aromatic rings. The summed E-state index contributed by atoms with van der Waals surface area (Å²) in [4.78, 5) is 22.4. The molecule has 0 fully saturated rings. The van der Waals surface area contributed by atoms with E-state index in [9.17, 15) is 13.2 Å². The van der Waals surface area contributed by atoms with Gasteiger partial charge in [-0.15, -0.1) is 0 Å². The maximum atomic E-state index is 12.0. The molecule has 0 aliphatic carbocycles. The Bertz CT molecular complexity index is 643. The van der Waals surface area contributed by atoms with E-state index in [4.69, 9.17) is 0 Å². The highest BCUT2D eigenvalue weighted by Gasteiger charge is 2.25. The predicted octanol–water partition coefficient (Wildman–Crippen LogP) is 0.0665. The van der Waals surface area contributed by atoms with Crippen LogP contribution in [-0.4, -0.2) is 42.0 Å². The highest BCUT2D eigenvalue weighted by molar-refractivity contribution is 7.88. The van der Waals surface area contributed by atoms with E-state index >= 15 is 0 Å². The third kappa shape index (κ3) is 4.47. The lowest BCUT2D eigenvalue weighted by atomic mass is 10.1. The summed E-state index contributed by atoms with van der Waals surface area (Å²) in [6.07, 6.45) is 3.59. The zero-order valence-corrected chi connectivity index (χ0v) is 13.3. The number of hydrogen-bond donors (Lipinski definition) is 1. The van der Waals surface area contributed by atoms with Crippen LogP contribution in [0.25, 0.3) is 0 Å². The number of sulfonamides is 1. The molecular weight excluding hydrogens is 292 g/mol. The van der Waals surface area contributed by atoms with Crippen LogP contribution in [0.3, 0.4) is 0 Å². The van der Waals surface area contributed by atoms with Crippen molar-refractivity contribution in [2.75, 3.05) is 12.8 Å². The monoisotopic (exact) mass is 312 g/mol. The molecule has 1 amide bonds. The number of carbonyl (C=O) groups excluding carboxylic acids is 1. The Labute approximate surface area is 124 Å². The van der Waals surface area contributed by atoms with Crippen LogP contribution in [-0.2, 0) is 34.3 Å². The van der Waals surface area contributed by atoms with Gasteiger partial charge >= 0.3 is 0 Å². The number of nitrogens with zero attached hydrogens (tertiary/aromatic N) is 3. The molecular formula is C13H20N4O3S. The Balaban J connectivity index is 2.00. The van der Waals surface area contributed by atoms with Gasteiger partial charge in [0.25, 0.3) is 0 Å². The smallest absolute Gasteiger partial charge is 0.238 e. The molecule has 21 heavy (non-hydrogen) atoms. The molecule has 1 aliphatic rings. The Morgan fingerprint density at radius 2 is 2.14 bits per heavy atom. The van der Waals surface area contributed by atoms with Crippen LogP contribution in [0.1, 0.15) is 30.9 Å². The number of carbonyl (C=O) groups is 1. The fraction of sp³-hybridized carbons (Fsp3) is 0.615. The van der Waals surface area contributed by atoms with Crippen LogP contribution < -0.4 is 4.72 Å². The van der Waals surface area contributed by atoms with E-state index in [1.54, 1.807) is 11.1 Å². The third-order valence-electron chi connectivity index (χ3n) is 3.14. The first kappa shape index (κ1) is 15.8. The predicted molar refractivity (Wildman–Crippen MR) is 77.7 cm³/mol. The molecule has 1 aromatic heterocycles. The quantitative estimate of drug-likeness (QED) is 0.830. The average Bonchev–Trinajstić information content (AvgIpc) is 2.77. The first-order chi connectivity index (χ1) is 9.74. The minimum Gasteiger partial charge on any atom is -0.331 e. The van der Waals surface area contributed by atoms with Gasteiger partial charge in [-0.3, -0.25) is 4.79 Å². The molecule has 0 saturated carbocycles. The molecule has 0 radical (unpaired) electrons. The number of hydrogen-bond acceptors (Lipinski definition) is 5. The molecule has 2 rings (SSSR count). The summed E-state index contributed by atoms with van der Waals surface area (Å²) in [7, 11) is -3.36. The van der Waals surface area contributed by atoms with E-state index in [1.165, 1.54) is 0 Å². The Hall–Kier alpha value is -1.54. The largest absolute Gasteiger partial charge is 0.331 e. The summed E-state index contributed by atoms with van der Waals surface area (Å²) in [5, 5.41) is 0. The lowest BCUT2D eigenvalue weighted by molar-refractivity contribution is -0.130. The molecule has 0 aromatic carbocycles. The average molecular weight is 312 g/mol. The molecule has 0 atom stereocenters. The number of aromatic nitrogens is 2. The normalized spacial score (nSPS) is 14.6. The van der Waals surface area contributed by atoms with Gasteiger partial charge in [-0.1, -0.05) is 13.8 Å². The van der Waals surface area contributed by atoms with Crippen molar-refractivity contribution in [3.8, 4) is 0 Å². The topological polar surface area (TPSA) is 92.3 Å². The van der Waals surface area contributed by atoms with Crippen molar-refractivity contribution in [2.45, 2.75) is 33.4 Å². The summed E-state index contributed by atoms with van der Waals surface area (Å²) in [6, 6.07) is 0. The van der Waals surface area contributed by atoms with Gasteiger partial charge in [-0.25, -0.2) is 23.1 Å². The lowest BCUT2D eigenvalue weighted by Gasteiger charge is -2.14. The Morgan fingerprint density at radius 3 is 2.76 bits per heavy atom. The molecule has 1 N–H and O–H groups in total. The molecule has 0 spiro atoms. The molecule has 8 heteroatoms. The van der Waals surface area contributed by atoms with E-state index in [2.05, 4.69) is 28.5 Å². The van der Waals surface area contributed by atoms with Gasteiger partial charge in [0.2, 0.25) is 15.9 Å². The van der Waals surface area contributed by atoms with Crippen molar-refractivity contribution in [1.29, 1.82) is 0 Å². The van der Waals surface area contributed by atoms with Gasteiger partial charge in [-0.2, -0.15) is 0 Å². The summed E-state index contributed by atoms with van der Waals surface area (Å²) < 4.78 is 24.2. The van der Waals surface area contributed by atoms with Crippen molar-refractivity contribution in [3.63, 3.8) is 0 Å². The first-order valence-electron chi connectivity index (χ1n) is 6.80. The first-order valence-corrected chi connectivity index (χ1v) is 8.70. The van der Waals surface area contributed by atoms with Crippen LogP contribution >= 0.6 is 0 Å². The lowest BCUT2D eigenvalue weighted by Crippen LogP contribution is -2.37. The van der Waals surface area contributed by atoms with E-state index in [-0.39, 0.29) is 12.5 Å². The van der Waals surface area contributed by atoms with Gasteiger partial charge in [0, 0.05) is 24.7 Å².